The molecule has 3 aromatic rings. The molecule has 8 nitrogen and oxygen atoms in total. The van der Waals surface area contributed by atoms with Gasteiger partial charge in [-0.1, -0.05) is 37.3 Å². The lowest BCUT2D eigenvalue weighted by Gasteiger charge is -2.10. The molecular weight excluding hydrogens is 380 g/mol. The first kappa shape index (κ1) is 19.7. The quantitative estimate of drug-likeness (QED) is 0.612. The molecule has 1 aromatic carbocycles. The lowest BCUT2D eigenvalue weighted by molar-refractivity contribution is -0.115. The molecule has 0 spiro atoms. The monoisotopic (exact) mass is 400 g/mol. The normalized spacial score (nSPS) is 10.8. The van der Waals surface area contributed by atoms with Gasteiger partial charge in [0.05, 0.1) is 16.9 Å². The molecular formula is C19H20N4O4S. The Bertz CT molecular complexity index is 1070. The van der Waals surface area contributed by atoms with Crippen molar-refractivity contribution in [3.8, 4) is 0 Å². The van der Waals surface area contributed by atoms with E-state index in [-0.39, 0.29) is 23.6 Å². The molecule has 146 valence electrons. The molecule has 0 saturated carbocycles. The lowest BCUT2D eigenvalue weighted by atomic mass is 10.1. The highest BCUT2D eigenvalue weighted by Gasteiger charge is 2.15. The minimum atomic E-state index is -0.607. The van der Waals surface area contributed by atoms with Crippen molar-refractivity contribution in [2.24, 2.45) is 0 Å². The van der Waals surface area contributed by atoms with Gasteiger partial charge in [0, 0.05) is 18.9 Å². The Morgan fingerprint density at radius 1 is 1.25 bits per heavy atom. The fourth-order valence-electron chi connectivity index (χ4n) is 2.51. The zero-order chi connectivity index (χ0) is 20.1. The average Bonchev–Trinajstić information content (AvgIpc) is 3.10. The average molecular weight is 400 g/mol. The zero-order valence-corrected chi connectivity index (χ0v) is 16.4. The number of anilines is 1. The van der Waals surface area contributed by atoms with E-state index in [1.165, 1.54) is 21.9 Å². The molecule has 1 amide bonds. The molecule has 1 N–H and O–H groups in total. The van der Waals surface area contributed by atoms with Crippen LogP contribution in [0.4, 0.5) is 5.69 Å². The maximum atomic E-state index is 12.5. The number of aromatic nitrogens is 3. The number of esters is 1. The first-order valence-corrected chi connectivity index (χ1v) is 9.78. The van der Waals surface area contributed by atoms with Crippen molar-refractivity contribution in [3.63, 3.8) is 0 Å². The summed E-state index contributed by atoms with van der Waals surface area (Å²) in [7, 11) is 0. The molecule has 0 aliphatic carbocycles. The highest BCUT2D eigenvalue weighted by Crippen LogP contribution is 2.18. The van der Waals surface area contributed by atoms with Gasteiger partial charge < -0.3 is 10.1 Å². The van der Waals surface area contributed by atoms with Gasteiger partial charge in [0.2, 0.25) is 10.9 Å². The highest BCUT2D eigenvalue weighted by molar-refractivity contribution is 7.16. The zero-order valence-electron chi connectivity index (χ0n) is 15.6. The van der Waals surface area contributed by atoms with E-state index in [9.17, 15) is 14.4 Å². The van der Waals surface area contributed by atoms with Crippen LogP contribution in [0.3, 0.4) is 0 Å². The van der Waals surface area contributed by atoms with Crippen molar-refractivity contribution in [1.29, 1.82) is 0 Å². The summed E-state index contributed by atoms with van der Waals surface area (Å²) in [5, 5.41) is 7.75. The highest BCUT2D eigenvalue weighted by atomic mass is 32.1. The summed E-state index contributed by atoms with van der Waals surface area (Å²) in [4.78, 5) is 41.1. The van der Waals surface area contributed by atoms with E-state index in [0.717, 1.165) is 17.8 Å². The van der Waals surface area contributed by atoms with Gasteiger partial charge in [-0.2, -0.15) is 9.61 Å². The second kappa shape index (κ2) is 8.75. The van der Waals surface area contributed by atoms with Crippen LogP contribution in [-0.4, -0.2) is 26.5 Å². The topological polar surface area (TPSA) is 103 Å². The van der Waals surface area contributed by atoms with Crippen LogP contribution in [0.25, 0.3) is 4.96 Å². The summed E-state index contributed by atoms with van der Waals surface area (Å²) in [5.41, 5.74) is 0.657. The predicted molar refractivity (Wildman–Crippen MR) is 106 cm³/mol. The number of para-hydroxylation sites is 1. The third-order valence-corrected chi connectivity index (χ3v) is 4.87. The molecule has 9 heteroatoms. The van der Waals surface area contributed by atoms with Gasteiger partial charge in [0.15, 0.2) is 0 Å². The number of rotatable bonds is 7. The van der Waals surface area contributed by atoms with Gasteiger partial charge >= 0.3 is 5.97 Å². The van der Waals surface area contributed by atoms with Crippen LogP contribution in [0.1, 0.15) is 47.7 Å². The van der Waals surface area contributed by atoms with Crippen molar-refractivity contribution >= 4 is 33.9 Å². The van der Waals surface area contributed by atoms with Gasteiger partial charge in [-0.3, -0.25) is 9.59 Å². The summed E-state index contributed by atoms with van der Waals surface area (Å²) in [6, 6.07) is 7.91. The van der Waals surface area contributed by atoms with Gasteiger partial charge in [0.1, 0.15) is 11.6 Å². The number of amides is 1. The molecule has 0 radical (unpaired) electrons. The van der Waals surface area contributed by atoms with Crippen molar-refractivity contribution < 1.29 is 14.3 Å². The largest absolute Gasteiger partial charge is 0.456 e. The van der Waals surface area contributed by atoms with Crippen LogP contribution in [0.2, 0.25) is 0 Å². The molecule has 0 unspecified atom stereocenters. The molecule has 2 heterocycles. The Labute approximate surface area is 165 Å². The van der Waals surface area contributed by atoms with Crippen LogP contribution >= 0.6 is 11.3 Å². The molecule has 0 aliphatic rings. The number of hydrogen-bond acceptors (Lipinski definition) is 7. The maximum absolute atomic E-state index is 12.5. The molecule has 0 fully saturated rings. The van der Waals surface area contributed by atoms with Crippen molar-refractivity contribution in [2.45, 2.75) is 39.7 Å². The van der Waals surface area contributed by atoms with E-state index in [1.54, 1.807) is 31.2 Å². The Morgan fingerprint density at radius 2 is 2.04 bits per heavy atom. The van der Waals surface area contributed by atoms with Crippen LogP contribution in [0.5, 0.6) is 0 Å². The van der Waals surface area contributed by atoms with Gasteiger partial charge in [-0.25, -0.2) is 9.78 Å². The van der Waals surface area contributed by atoms with E-state index in [1.807, 2.05) is 6.92 Å². The van der Waals surface area contributed by atoms with E-state index in [4.69, 9.17) is 4.74 Å². The van der Waals surface area contributed by atoms with Gasteiger partial charge in [-0.15, -0.1) is 0 Å². The van der Waals surface area contributed by atoms with Crippen LogP contribution < -0.4 is 10.9 Å². The smallest absolute Gasteiger partial charge is 0.340 e. The summed E-state index contributed by atoms with van der Waals surface area (Å²) < 4.78 is 6.57. The molecule has 0 saturated heterocycles. The summed E-state index contributed by atoms with van der Waals surface area (Å²) in [5.74, 6) is -0.807. The van der Waals surface area contributed by atoms with Crippen LogP contribution in [0, 0.1) is 0 Å². The lowest BCUT2D eigenvalue weighted by Crippen LogP contribution is -2.17. The summed E-state index contributed by atoms with van der Waals surface area (Å²) in [6.07, 6.45) is 2.00. The Hall–Kier alpha value is -3.07. The van der Waals surface area contributed by atoms with E-state index in [2.05, 4.69) is 15.4 Å². The number of ether oxygens (including phenoxy) is 1. The van der Waals surface area contributed by atoms with Gasteiger partial charge in [0.25, 0.3) is 5.56 Å². The second-order valence-corrected chi connectivity index (χ2v) is 7.09. The number of nitrogens with one attached hydrogen (secondary N) is 1. The van der Waals surface area contributed by atoms with E-state index >= 15 is 0 Å². The number of carbonyl (C=O) groups is 2. The Kier molecular flexibility index (Phi) is 6.15. The molecule has 0 atom stereocenters. The Morgan fingerprint density at radius 3 is 2.79 bits per heavy atom. The minimum Gasteiger partial charge on any atom is -0.456 e. The molecule has 2 aromatic heterocycles. The molecule has 0 aliphatic heterocycles. The SMILES string of the molecule is CCCc1nn2c(=O)cc(COC(=O)c3ccccc3NC(=O)CC)nc2s1. The van der Waals surface area contributed by atoms with E-state index in [0.29, 0.717) is 22.8 Å². The predicted octanol–water partition coefficient (Wildman–Crippen LogP) is 2.81. The number of nitrogens with zero attached hydrogens (tertiary/aromatic N) is 3. The summed E-state index contributed by atoms with van der Waals surface area (Å²) >= 11 is 1.35. The number of hydrogen-bond donors (Lipinski definition) is 1. The number of carbonyl (C=O) groups excluding carboxylic acids is 2. The third-order valence-electron chi connectivity index (χ3n) is 3.90. The first-order valence-electron chi connectivity index (χ1n) is 8.96. The fourth-order valence-corrected chi connectivity index (χ4v) is 3.53. The minimum absolute atomic E-state index is 0.151. The van der Waals surface area contributed by atoms with Crippen LogP contribution in [0.15, 0.2) is 35.1 Å². The fraction of sp³-hybridized carbons (Fsp3) is 0.316. The maximum Gasteiger partial charge on any atom is 0.340 e. The van der Waals surface area contributed by atoms with Crippen molar-refractivity contribution in [3.05, 3.63) is 57.0 Å². The molecule has 28 heavy (non-hydrogen) atoms. The molecule has 3 rings (SSSR count). The number of aryl methyl sites for hydroxylation is 1. The van der Waals surface area contributed by atoms with Crippen molar-refractivity contribution in [1.82, 2.24) is 14.6 Å². The number of fused-ring (bicyclic) bond motifs is 1. The van der Waals surface area contributed by atoms with Crippen molar-refractivity contribution in [2.75, 3.05) is 5.32 Å². The Balaban J connectivity index is 1.76. The van der Waals surface area contributed by atoms with E-state index < -0.39 is 5.97 Å². The van der Waals surface area contributed by atoms with Gasteiger partial charge in [-0.05, 0) is 18.6 Å². The first-order chi connectivity index (χ1) is 13.5. The molecule has 0 bridgehead atoms. The standard InChI is InChI=1S/C19H20N4O4S/c1-3-7-16-22-23-17(25)10-12(20-19(23)28-16)11-27-18(26)13-8-5-6-9-14(13)21-15(24)4-2/h5-6,8-10H,3-4,7,11H2,1-2H3,(H,21,24). The summed E-state index contributed by atoms with van der Waals surface area (Å²) in [6.45, 7) is 3.61. The second-order valence-electron chi connectivity index (χ2n) is 6.05. The number of benzene rings is 1. The third kappa shape index (κ3) is 4.42. The van der Waals surface area contributed by atoms with Crippen LogP contribution in [-0.2, 0) is 22.6 Å².